The summed E-state index contributed by atoms with van der Waals surface area (Å²) in [6.45, 7) is 0.461. The molecule has 3 heterocycles. The first-order chi connectivity index (χ1) is 17.9. The number of hydrogen-bond donors (Lipinski definition) is 3. The summed E-state index contributed by atoms with van der Waals surface area (Å²) >= 11 is 0. The lowest BCUT2D eigenvalue weighted by Gasteiger charge is -2.18. The molecule has 2 aromatic carbocycles. The second-order valence-corrected chi connectivity index (χ2v) is 10.6. The van der Waals surface area contributed by atoms with Crippen molar-refractivity contribution in [2.45, 2.75) is 43.2 Å². The fourth-order valence-corrected chi connectivity index (χ4v) is 5.94. The summed E-state index contributed by atoms with van der Waals surface area (Å²) < 4.78 is 1.54. The lowest BCUT2D eigenvalue weighted by atomic mass is 9.91. The minimum absolute atomic E-state index is 0.0692. The van der Waals surface area contributed by atoms with Crippen LogP contribution in [0.15, 0.2) is 65.6 Å². The molecule has 2 saturated carbocycles. The number of aromatic nitrogens is 2. The molecule has 4 N–H and O–H groups in total. The van der Waals surface area contributed by atoms with Gasteiger partial charge in [-0.25, -0.2) is 0 Å². The number of para-hydroxylation sites is 1. The van der Waals surface area contributed by atoms with Crippen LogP contribution in [0.5, 0.6) is 0 Å². The molecule has 37 heavy (non-hydrogen) atoms. The van der Waals surface area contributed by atoms with Gasteiger partial charge in [0.25, 0.3) is 11.5 Å². The van der Waals surface area contributed by atoms with E-state index >= 15 is 0 Å². The Balaban J connectivity index is 1.30. The standard InChI is InChI=1S/C29H27N5O3/c1-33-15-20(19-12-23(32-25(19)27(33)36)26(35)31-18-10-11-18)22-13-29(22)21-4-2-3-5-24(21)34(28(29)37)14-16-6-8-17(30)9-7-16/h2-9,12,15,18,22,32H,10-11,13-14,30H2,1H3,(H,31,35)/t22-,29-/m0/s1. The second-order valence-electron chi connectivity index (χ2n) is 10.6. The summed E-state index contributed by atoms with van der Waals surface area (Å²) in [6.07, 6.45) is 4.46. The summed E-state index contributed by atoms with van der Waals surface area (Å²) in [6, 6.07) is 17.6. The van der Waals surface area contributed by atoms with Crippen molar-refractivity contribution in [3.05, 3.63) is 93.5 Å². The maximum absolute atomic E-state index is 14.1. The highest BCUT2D eigenvalue weighted by Crippen LogP contribution is 2.67. The number of nitrogens with two attached hydrogens (primary N) is 1. The molecule has 8 heteroatoms. The summed E-state index contributed by atoms with van der Waals surface area (Å²) in [4.78, 5) is 44.7. The summed E-state index contributed by atoms with van der Waals surface area (Å²) in [5, 5.41) is 3.70. The quantitative estimate of drug-likeness (QED) is 0.370. The van der Waals surface area contributed by atoms with Crippen LogP contribution in [0.3, 0.4) is 0 Å². The Morgan fingerprint density at radius 1 is 1.14 bits per heavy atom. The van der Waals surface area contributed by atoms with Gasteiger partial charge in [-0.3, -0.25) is 14.4 Å². The molecule has 0 saturated heterocycles. The van der Waals surface area contributed by atoms with Crippen molar-refractivity contribution in [1.29, 1.82) is 0 Å². The molecule has 0 bridgehead atoms. The normalized spacial score (nSPS) is 22.0. The van der Waals surface area contributed by atoms with E-state index in [1.165, 1.54) is 0 Å². The van der Waals surface area contributed by atoms with Gasteiger partial charge < -0.3 is 25.5 Å². The minimum Gasteiger partial charge on any atom is -0.399 e. The van der Waals surface area contributed by atoms with Crippen LogP contribution in [0.1, 0.15) is 52.4 Å². The van der Waals surface area contributed by atoms with Gasteiger partial charge >= 0.3 is 0 Å². The molecule has 1 aliphatic heterocycles. The lowest BCUT2D eigenvalue weighted by Crippen LogP contribution is -2.32. The van der Waals surface area contributed by atoms with Crippen molar-refractivity contribution in [2.75, 3.05) is 10.6 Å². The molecule has 8 nitrogen and oxygen atoms in total. The molecule has 0 radical (unpaired) electrons. The van der Waals surface area contributed by atoms with E-state index in [9.17, 15) is 14.4 Å². The number of nitrogens with zero attached hydrogens (tertiary/aromatic N) is 2. The first kappa shape index (κ1) is 21.9. The van der Waals surface area contributed by atoms with E-state index in [1.807, 2.05) is 59.6 Å². The molecule has 2 aromatic heterocycles. The molecular weight excluding hydrogens is 466 g/mol. The lowest BCUT2D eigenvalue weighted by molar-refractivity contribution is -0.120. The first-order valence-corrected chi connectivity index (χ1v) is 12.7. The van der Waals surface area contributed by atoms with Crippen LogP contribution >= 0.6 is 0 Å². The minimum atomic E-state index is -0.678. The first-order valence-electron chi connectivity index (χ1n) is 12.7. The number of pyridine rings is 1. The number of nitrogen functional groups attached to an aromatic ring is 1. The number of hydrogen-bond acceptors (Lipinski definition) is 4. The van der Waals surface area contributed by atoms with Crippen molar-refractivity contribution in [3.8, 4) is 0 Å². The summed E-state index contributed by atoms with van der Waals surface area (Å²) in [5.41, 5.74) is 10.3. The van der Waals surface area contributed by atoms with E-state index in [0.29, 0.717) is 35.2 Å². The highest BCUT2D eigenvalue weighted by Gasteiger charge is 2.67. The van der Waals surface area contributed by atoms with E-state index in [-0.39, 0.29) is 29.3 Å². The monoisotopic (exact) mass is 493 g/mol. The Kier molecular flexibility index (Phi) is 4.49. The van der Waals surface area contributed by atoms with Crippen molar-refractivity contribution in [1.82, 2.24) is 14.9 Å². The van der Waals surface area contributed by atoms with E-state index in [1.54, 1.807) is 17.7 Å². The van der Waals surface area contributed by atoms with Crippen LogP contribution in [-0.2, 0) is 23.8 Å². The number of fused-ring (bicyclic) bond motifs is 3. The predicted octanol–water partition coefficient (Wildman–Crippen LogP) is 3.31. The fourth-order valence-electron chi connectivity index (χ4n) is 5.94. The van der Waals surface area contributed by atoms with Gasteiger partial charge in [0.1, 0.15) is 11.2 Å². The van der Waals surface area contributed by atoms with Crippen LogP contribution in [-0.4, -0.2) is 27.4 Å². The molecule has 2 aliphatic carbocycles. The molecular formula is C29H27N5O3. The van der Waals surface area contributed by atoms with Crippen LogP contribution in [0, 0.1) is 0 Å². The fraction of sp³-hybridized carbons (Fsp3) is 0.276. The maximum atomic E-state index is 14.1. The number of benzene rings is 2. The van der Waals surface area contributed by atoms with Crippen molar-refractivity contribution in [3.63, 3.8) is 0 Å². The molecule has 1 spiro atoms. The molecule has 186 valence electrons. The van der Waals surface area contributed by atoms with Gasteiger partial charge in [-0.2, -0.15) is 0 Å². The number of nitrogens with one attached hydrogen (secondary N) is 2. The van der Waals surface area contributed by atoms with Gasteiger partial charge in [0.05, 0.1) is 12.0 Å². The number of H-pyrrole nitrogens is 1. The number of rotatable bonds is 5. The van der Waals surface area contributed by atoms with Gasteiger partial charge in [-0.15, -0.1) is 0 Å². The largest absolute Gasteiger partial charge is 0.399 e. The zero-order chi connectivity index (χ0) is 25.5. The third-order valence-electron chi connectivity index (χ3n) is 8.11. The van der Waals surface area contributed by atoms with Crippen LogP contribution in [0.4, 0.5) is 11.4 Å². The Hall–Kier alpha value is -4.33. The molecule has 3 aliphatic rings. The average molecular weight is 494 g/mol. The zero-order valence-electron chi connectivity index (χ0n) is 20.5. The maximum Gasteiger partial charge on any atom is 0.274 e. The van der Waals surface area contributed by atoms with Gasteiger partial charge in [0.15, 0.2) is 0 Å². The highest BCUT2D eigenvalue weighted by atomic mass is 16.2. The number of carbonyl (C=O) groups excluding carboxylic acids is 2. The van der Waals surface area contributed by atoms with Gasteiger partial charge in [-0.1, -0.05) is 30.3 Å². The third kappa shape index (κ3) is 3.25. The second kappa shape index (κ2) is 7.59. The van der Waals surface area contributed by atoms with Gasteiger partial charge in [-0.05, 0) is 60.2 Å². The topological polar surface area (TPSA) is 113 Å². The smallest absolute Gasteiger partial charge is 0.274 e. The Labute approximate surface area is 213 Å². The van der Waals surface area contributed by atoms with Crippen molar-refractivity contribution in [2.24, 2.45) is 7.05 Å². The molecule has 7 rings (SSSR count). The number of amides is 2. The molecule has 2 amide bonds. The Bertz CT molecular complexity index is 1660. The molecule has 2 fully saturated rings. The summed E-state index contributed by atoms with van der Waals surface area (Å²) in [7, 11) is 1.71. The summed E-state index contributed by atoms with van der Waals surface area (Å²) in [5.74, 6) is -0.226. The van der Waals surface area contributed by atoms with E-state index in [4.69, 9.17) is 5.73 Å². The Morgan fingerprint density at radius 2 is 1.89 bits per heavy atom. The highest BCUT2D eigenvalue weighted by molar-refractivity contribution is 6.12. The molecule has 2 atom stereocenters. The van der Waals surface area contributed by atoms with Crippen LogP contribution < -0.4 is 21.5 Å². The van der Waals surface area contributed by atoms with Crippen molar-refractivity contribution < 1.29 is 9.59 Å². The number of anilines is 2. The van der Waals surface area contributed by atoms with E-state index in [0.717, 1.165) is 35.2 Å². The van der Waals surface area contributed by atoms with Gasteiger partial charge in [0.2, 0.25) is 5.91 Å². The van der Waals surface area contributed by atoms with E-state index in [2.05, 4.69) is 10.3 Å². The SMILES string of the molecule is Cn1cc([C@@H]2C[C@@]23C(=O)N(Cc2ccc(N)cc2)c2ccccc23)c2cc(C(=O)NC3CC3)[nH]c2c1=O. The van der Waals surface area contributed by atoms with Gasteiger partial charge in [0, 0.05) is 42.0 Å². The Morgan fingerprint density at radius 3 is 2.65 bits per heavy atom. The third-order valence-corrected chi connectivity index (χ3v) is 8.11. The van der Waals surface area contributed by atoms with E-state index < -0.39 is 5.41 Å². The van der Waals surface area contributed by atoms with Crippen LogP contribution in [0.2, 0.25) is 0 Å². The van der Waals surface area contributed by atoms with Crippen LogP contribution in [0.25, 0.3) is 10.9 Å². The molecule has 0 unspecified atom stereocenters. The number of aryl methyl sites for hydroxylation is 1. The molecule has 4 aromatic rings. The van der Waals surface area contributed by atoms with Crippen molar-refractivity contribution >= 4 is 34.1 Å². The zero-order valence-corrected chi connectivity index (χ0v) is 20.5. The average Bonchev–Trinajstić information content (AvgIpc) is 3.80. The predicted molar refractivity (Wildman–Crippen MR) is 142 cm³/mol. The number of carbonyl (C=O) groups is 2. The number of aromatic amines is 1.